The fraction of sp³-hybridized carbons (Fsp3) is 0.0952. The van der Waals surface area contributed by atoms with Gasteiger partial charge >= 0.3 is 0 Å². The van der Waals surface area contributed by atoms with Gasteiger partial charge in [0, 0.05) is 5.56 Å². The van der Waals surface area contributed by atoms with Gasteiger partial charge in [0.25, 0.3) is 11.8 Å². The molecular formula is C21H18BrN3O4S. The molecule has 0 aliphatic rings. The molecule has 7 nitrogen and oxygen atoms in total. The van der Waals surface area contributed by atoms with Crippen molar-refractivity contribution < 1.29 is 19.1 Å². The quantitative estimate of drug-likeness (QED) is 0.377. The second-order valence-electron chi connectivity index (χ2n) is 6.10. The third kappa shape index (κ3) is 5.68. The van der Waals surface area contributed by atoms with Crippen LogP contribution >= 0.6 is 28.1 Å². The molecule has 3 aromatic rings. The lowest BCUT2D eigenvalue weighted by Gasteiger charge is -2.12. The van der Waals surface area contributed by atoms with E-state index >= 15 is 0 Å². The van der Waals surface area contributed by atoms with Crippen LogP contribution in [0, 0.1) is 0 Å². The summed E-state index contributed by atoms with van der Waals surface area (Å²) in [5.41, 5.74) is 5.22. The number of hydrogen-bond donors (Lipinski definition) is 3. The number of nitrogens with one attached hydrogen (secondary N) is 3. The van der Waals surface area contributed by atoms with E-state index in [0.717, 1.165) is 10.8 Å². The van der Waals surface area contributed by atoms with Crippen molar-refractivity contribution in [3.63, 3.8) is 0 Å². The predicted molar refractivity (Wildman–Crippen MR) is 121 cm³/mol. The molecule has 0 heterocycles. The van der Waals surface area contributed by atoms with E-state index in [9.17, 15) is 9.59 Å². The number of halogens is 1. The van der Waals surface area contributed by atoms with Crippen molar-refractivity contribution >= 4 is 55.8 Å². The van der Waals surface area contributed by atoms with E-state index in [1.54, 1.807) is 24.3 Å². The Bertz CT molecular complexity index is 1110. The highest BCUT2D eigenvalue weighted by molar-refractivity contribution is 9.10. The maximum Gasteiger partial charge on any atom is 0.276 e. The molecule has 0 bridgehead atoms. The monoisotopic (exact) mass is 487 g/mol. The van der Waals surface area contributed by atoms with Gasteiger partial charge in [-0.15, -0.1) is 0 Å². The summed E-state index contributed by atoms with van der Waals surface area (Å²) in [5.74, 6) is 0.292. The van der Waals surface area contributed by atoms with Crippen molar-refractivity contribution in [3.8, 4) is 11.5 Å². The summed E-state index contributed by atoms with van der Waals surface area (Å²) >= 11 is 8.34. The van der Waals surface area contributed by atoms with Crippen LogP contribution in [-0.4, -0.2) is 30.6 Å². The Balaban J connectivity index is 1.45. The van der Waals surface area contributed by atoms with Crippen molar-refractivity contribution in [2.45, 2.75) is 0 Å². The minimum Gasteiger partial charge on any atom is -0.496 e. The summed E-state index contributed by atoms with van der Waals surface area (Å²) < 4.78 is 11.3. The normalized spacial score (nSPS) is 10.2. The molecule has 0 saturated carbocycles. The smallest absolute Gasteiger partial charge is 0.276 e. The molecule has 3 aromatic carbocycles. The van der Waals surface area contributed by atoms with E-state index in [1.165, 1.54) is 7.11 Å². The fourth-order valence-corrected chi connectivity index (χ4v) is 3.27. The zero-order chi connectivity index (χ0) is 21.5. The highest BCUT2D eigenvalue weighted by Gasteiger charge is 2.11. The van der Waals surface area contributed by atoms with Crippen LogP contribution in [0.3, 0.4) is 0 Å². The Hall–Kier alpha value is -3.17. The first-order chi connectivity index (χ1) is 14.5. The number of rotatable bonds is 5. The third-order valence-corrected chi connectivity index (χ3v) is 4.87. The van der Waals surface area contributed by atoms with E-state index in [-0.39, 0.29) is 11.7 Å². The second kappa shape index (κ2) is 10.0. The van der Waals surface area contributed by atoms with Gasteiger partial charge in [0.1, 0.15) is 11.5 Å². The standard InChI is InChI=1S/C21H18BrN3O4S/c1-28-18-9-7-15(11-17(18)22)20(27)23-21(30)25-24-19(26)12-29-16-8-6-13-4-2-3-5-14(13)10-16/h2-11H,12H2,1H3,(H,24,26)(H2,23,25,27,30). The molecule has 0 radical (unpaired) electrons. The number of benzene rings is 3. The predicted octanol–water partition coefficient (Wildman–Crippen LogP) is 3.33. The summed E-state index contributed by atoms with van der Waals surface area (Å²) in [6.07, 6.45) is 0. The number of hydrazine groups is 1. The summed E-state index contributed by atoms with van der Waals surface area (Å²) in [5, 5.41) is 4.52. The van der Waals surface area contributed by atoms with Gasteiger partial charge in [0.05, 0.1) is 11.6 Å². The van der Waals surface area contributed by atoms with E-state index in [1.807, 2.05) is 36.4 Å². The average Bonchev–Trinajstić information content (AvgIpc) is 2.76. The van der Waals surface area contributed by atoms with Gasteiger partial charge in [-0.3, -0.25) is 25.8 Å². The van der Waals surface area contributed by atoms with Crippen molar-refractivity contribution in [1.82, 2.24) is 16.2 Å². The largest absolute Gasteiger partial charge is 0.496 e. The Morgan fingerprint density at radius 3 is 2.50 bits per heavy atom. The van der Waals surface area contributed by atoms with E-state index in [2.05, 4.69) is 32.1 Å². The minimum absolute atomic E-state index is 0.0500. The van der Waals surface area contributed by atoms with Crippen LogP contribution < -0.4 is 25.6 Å². The Morgan fingerprint density at radius 1 is 1.00 bits per heavy atom. The third-order valence-electron chi connectivity index (χ3n) is 4.05. The first-order valence-corrected chi connectivity index (χ1v) is 10.0. The van der Waals surface area contributed by atoms with E-state index in [4.69, 9.17) is 21.7 Å². The summed E-state index contributed by atoms with van der Waals surface area (Å²) in [7, 11) is 1.53. The Morgan fingerprint density at radius 2 is 1.77 bits per heavy atom. The lowest BCUT2D eigenvalue weighted by atomic mass is 10.1. The van der Waals surface area contributed by atoms with Gasteiger partial charge in [-0.2, -0.15) is 0 Å². The van der Waals surface area contributed by atoms with Crippen LogP contribution in [0.25, 0.3) is 10.8 Å². The molecule has 9 heteroatoms. The van der Waals surface area contributed by atoms with Crippen LogP contribution in [-0.2, 0) is 4.79 Å². The van der Waals surface area contributed by atoms with Crippen molar-refractivity contribution in [1.29, 1.82) is 0 Å². The first-order valence-electron chi connectivity index (χ1n) is 8.81. The zero-order valence-electron chi connectivity index (χ0n) is 15.9. The van der Waals surface area contributed by atoms with Crippen molar-refractivity contribution in [2.24, 2.45) is 0 Å². The fourth-order valence-electron chi connectivity index (χ4n) is 2.58. The van der Waals surface area contributed by atoms with Crippen LogP contribution in [0.1, 0.15) is 10.4 Å². The molecule has 0 unspecified atom stereocenters. The maximum atomic E-state index is 12.2. The minimum atomic E-state index is -0.452. The molecule has 0 atom stereocenters. The van der Waals surface area contributed by atoms with Gasteiger partial charge in [-0.1, -0.05) is 30.3 Å². The van der Waals surface area contributed by atoms with Gasteiger partial charge in [-0.05, 0) is 69.3 Å². The molecule has 0 saturated heterocycles. The Labute approximate surface area is 186 Å². The zero-order valence-corrected chi connectivity index (χ0v) is 18.3. The number of thiocarbonyl (C=S) groups is 1. The second-order valence-corrected chi connectivity index (χ2v) is 7.37. The SMILES string of the molecule is COc1ccc(C(=O)NC(=S)NNC(=O)COc2ccc3ccccc3c2)cc1Br. The first kappa shape index (κ1) is 21.5. The van der Waals surface area contributed by atoms with Gasteiger partial charge in [0.15, 0.2) is 11.7 Å². The maximum absolute atomic E-state index is 12.2. The molecule has 3 rings (SSSR count). The van der Waals surface area contributed by atoms with Crippen molar-refractivity contribution in [2.75, 3.05) is 13.7 Å². The van der Waals surface area contributed by atoms with Crippen LogP contribution in [0.4, 0.5) is 0 Å². The van der Waals surface area contributed by atoms with Crippen LogP contribution in [0.15, 0.2) is 65.1 Å². The number of fused-ring (bicyclic) bond motifs is 1. The van der Waals surface area contributed by atoms with Crippen LogP contribution in [0.5, 0.6) is 11.5 Å². The highest BCUT2D eigenvalue weighted by Crippen LogP contribution is 2.25. The number of amides is 2. The van der Waals surface area contributed by atoms with Gasteiger partial charge in [0.2, 0.25) is 0 Å². The summed E-state index contributed by atoms with van der Waals surface area (Å²) in [4.78, 5) is 24.2. The number of carbonyl (C=O) groups is 2. The summed E-state index contributed by atoms with van der Waals surface area (Å²) in [6.45, 7) is -0.215. The van der Waals surface area contributed by atoms with Gasteiger partial charge in [-0.25, -0.2) is 0 Å². The molecule has 2 amide bonds. The number of carbonyl (C=O) groups excluding carboxylic acids is 2. The average molecular weight is 488 g/mol. The molecule has 0 aliphatic heterocycles. The van der Waals surface area contributed by atoms with Crippen molar-refractivity contribution in [3.05, 3.63) is 70.7 Å². The Kier molecular flexibility index (Phi) is 7.21. The van der Waals surface area contributed by atoms with Crippen LogP contribution in [0.2, 0.25) is 0 Å². The summed E-state index contributed by atoms with van der Waals surface area (Å²) in [6, 6.07) is 18.3. The number of methoxy groups -OCH3 is 1. The molecule has 0 aliphatic carbocycles. The number of hydrogen-bond acceptors (Lipinski definition) is 5. The van der Waals surface area contributed by atoms with E-state index < -0.39 is 11.8 Å². The molecular weight excluding hydrogens is 470 g/mol. The molecule has 0 spiro atoms. The topological polar surface area (TPSA) is 88.7 Å². The molecule has 30 heavy (non-hydrogen) atoms. The lowest BCUT2D eigenvalue weighted by Crippen LogP contribution is -2.49. The molecule has 0 aromatic heterocycles. The number of ether oxygens (including phenoxy) is 2. The van der Waals surface area contributed by atoms with E-state index in [0.29, 0.717) is 21.5 Å². The van der Waals surface area contributed by atoms with Gasteiger partial charge < -0.3 is 9.47 Å². The molecule has 0 fully saturated rings. The molecule has 3 N–H and O–H groups in total. The molecule has 154 valence electrons. The highest BCUT2D eigenvalue weighted by atomic mass is 79.9. The lowest BCUT2D eigenvalue weighted by molar-refractivity contribution is -0.123.